The van der Waals surface area contributed by atoms with E-state index in [0.29, 0.717) is 17.4 Å². The summed E-state index contributed by atoms with van der Waals surface area (Å²) in [4.78, 5) is 15.7. The molecule has 1 fully saturated rings. The van der Waals surface area contributed by atoms with Gasteiger partial charge in [0.1, 0.15) is 11.3 Å². The van der Waals surface area contributed by atoms with Gasteiger partial charge in [0.05, 0.1) is 11.0 Å². The molecule has 0 spiro atoms. The third-order valence-corrected chi connectivity index (χ3v) is 5.95. The number of nitrogens with zero attached hydrogens (tertiary/aromatic N) is 1. The van der Waals surface area contributed by atoms with Crippen molar-refractivity contribution in [2.24, 2.45) is 0 Å². The third-order valence-electron chi connectivity index (χ3n) is 5.13. The van der Waals surface area contributed by atoms with E-state index in [1.807, 2.05) is 43.3 Å². The Hall–Kier alpha value is -2.60. The highest BCUT2D eigenvalue weighted by Crippen LogP contribution is 2.37. The van der Waals surface area contributed by atoms with Gasteiger partial charge in [-0.3, -0.25) is 9.52 Å². The monoisotopic (exact) mass is 424 g/mol. The molecule has 0 atom stereocenters. The van der Waals surface area contributed by atoms with E-state index in [9.17, 15) is 4.79 Å². The van der Waals surface area contributed by atoms with Crippen LogP contribution in [-0.4, -0.2) is 26.1 Å². The number of nitrogens with one attached hydrogen (secondary N) is 1. The molecule has 3 aromatic rings. The number of furan rings is 1. The molecule has 1 aliphatic carbocycles. The lowest BCUT2D eigenvalue weighted by atomic mass is 9.87. The van der Waals surface area contributed by atoms with Gasteiger partial charge in [-0.15, -0.1) is 0 Å². The van der Waals surface area contributed by atoms with Gasteiger partial charge in [-0.25, -0.2) is 0 Å². The predicted molar refractivity (Wildman–Crippen MR) is 123 cm³/mol. The first-order valence-corrected chi connectivity index (χ1v) is 11.0. The number of hydrogen-bond acceptors (Lipinski definition) is 5. The molecule has 30 heavy (non-hydrogen) atoms. The first-order chi connectivity index (χ1) is 14.2. The van der Waals surface area contributed by atoms with Crippen LogP contribution >= 0.6 is 11.9 Å². The second kappa shape index (κ2) is 7.91. The van der Waals surface area contributed by atoms with E-state index in [2.05, 4.69) is 37.6 Å². The lowest BCUT2D eigenvalue weighted by Crippen LogP contribution is -2.16. The van der Waals surface area contributed by atoms with Crippen LogP contribution in [0, 0.1) is 0 Å². The van der Waals surface area contributed by atoms with Crippen molar-refractivity contribution in [3.8, 4) is 5.75 Å². The van der Waals surface area contributed by atoms with Crippen molar-refractivity contribution in [3.63, 3.8) is 0 Å². The quantitative estimate of drug-likeness (QED) is 0.509. The average molecular weight is 425 g/mol. The maximum atomic E-state index is 12.8. The Bertz CT molecular complexity index is 1080. The molecule has 6 heteroatoms. The van der Waals surface area contributed by atoms with E-state index < -0.39 is 0 Å². The molecule has 0 saturated heterocycles. The van der Waals surface area contributed by atoms with E-state index in [1.54, 1.807) is 6.07 Å². The van der Waals surface area contributed by atoms with E-state index in [-0.39, 0.29) is 11.3 Å². The van der Waals surface area contributed by atoms with Gasteiger partial charge < -0.3 is 14.1 Å². The largest absolute Gasteiger partial charge is 0.489 e. The molecule has 0 unspecified atom stereocenters. The molecule has 1 N–H and O–H groups in total. The number of amides is 1. The lowest BCUT2D eigenvalue weighted by molar-refractivity contribution is 0.0959. The Labute approximate surface area is 181 Å². The van der Waals surface area contributed by atoms with Gasteiger partial charge in [0.15, 0.2) is 5.76 Å². The second-order valence-electron chi connectivity index (χ2n) is 8.99. The van der Waals surface area contributed by atoms with Gasteiger partial charge in [-0.05, 0) is 66.1 Å². The molecule has 1 aromatic heterocycles. The highest BCUT2D eigenvalue weighted by Gasteiger charge is 2.26. The summed E-state index contributed by atoms with van der Waals surface area (Å²) in [5, 5.41) is 0.906. The third kappa shape index (κ3) is 4.59. The molecule has 1 saturated carbocycles. The van der Waals surface area contributed by atoms with Crippen LogP contribution in [0.4, 0.5) is 5.69 Å². The normalized spacial score (nSPS) is 14.0. The van der Waals surface area contributed by atoms with E-state index in [0.717, 1.165) is 34.6 Å². The van der Waals surface area contributed by atoms with Gasteiger partial charge >= 0.3 is 0 Å². The summed E-state index contributed by atoms with van der Waals surface area (Å²) in [5.74, 6) is 0.849. The van der Waals surface area contributed by atoms with Crippen molar-refractivity contribution in [2.75, 3.05) is 19.0 Å². The topological polar surface area (TPSA) is 54.7 Å². The molecule has 5 nitrogen and oxygen atoms in total. The zero-order valence-corrected chi connectivity index (χ0v) is 18.9. The number of hydrogen-bond donors (Lipinski definition) is 1. The fraction of sp³-hybridized carbons (Fsp3) is 0.375. The number of rotatable bonds is 6. The molecule has 1 aliphatic rings. The highest BCUT2D eigenvalue weighted by molar-refractivity contribution is 7.98. The van der Waals surface area contributed by atoms with E-state index >= 15 is 0 Å². The van der Waals surface area contributed by atoms with E-state index in [1.165, 1.54) is 17.5 Å². The molecule has 1 heterocycles. The minimum absolute atomic E-state index is 0.0142. The van der Waals surface area contributed by atoms with Gasteiger partial charge in [-0.1, -0.05) is 26.8 Å². The average Bonchev–Trinajstić information content (AvgIpc) is 3.40. The van der Waals surface area contributed by atoms with Crippen LogP contribution in [0.15, 0.2) is 51.8 Å². The Kier molecular flexibility index (Phi) is 5.45. The van der Waals surface area contributed by atoms with Crippen LogP contribution in [0.3, 0.4) is 0 Å². The van der Waals surface area contributed by atoms with Crippen molar-refractivity contribution in [2.45, 2.75) is 50.0 Å². The van der Waals surface area contributed by atoms with Crippen molar-refractivity contribution in [1.82, 2.24) is 4.72 Å². The summed E-state index contributed by atoms with van der Waals surface area (Å²) < 4.78 is 14.8. The summed E-state index contributed by atoms with van der Waals surface area (Å²) >= 11 is 1.28. The standard InChI is InChI=1S/C24H28N2O3S/c1-24(2,3)16-7-11-19(28-18-9-10-18)22(13-16)30-25-23(27)21-12-15-6-8-17(26(4)5)14-20(15)29-21/h6-8,11-14,18H,9-10H2,1-5H3,(H,25,27). The smallest absolute Gasteiger partial charge is 0.297 e. The van der Waals surface area contributed by atoms with Crippen LogP contribution in [-0.2, 0) is 5.41 Å². The molecular formula is C24H28N2O3S. The van der Waals surface area contributed by atoms with Crippen molar-refractivity contribution in [3.05, 3.63) is 53.8 Å². The highest BCUT2D eigenvalue weighted by atomic mass is 32.2. The number of fused-ring (bicyclic) bond motifs is 1. The summed E-state index contributed by atoms with van der Waals surface area (Å²) in [6.07, 6.45) is 2.47. The number of carbonyl (C=O) groups is 1. The van der Waals surface area contributed by atoms with Crippen molar-refractivity contribution >= 4 is 34.5 Å². The fourth-order valence-corrected chi connectivity index (χ4v) is 3.78. The van der Waals surface area contributed by atoms with Gasteiger partial charge in [-0.2, -0.15) is 0 Å². The summed E-state index contributed by atoms with van der Waals surface area (Å²) in [6, 6.07) is 13.9. The van der Waals surface area contributed by atoms with Crippen LogP contribution in [0.25, 0.3) is 11.0 Å². The number of carbonyl (C=O) groups excluding carboxylic acids is 1. The molecule has 1 amide bonds. The van der Waals surface area contributed by atoms with E-state index in [4.69, 9.17) is 9.15 Å². The van der Waals surface area contributed by atoms with Crippen molar-refractivity contribution in [1.29, 1.82) is 0 Å². The zero-order chi connectivity index (χ0) is 21.5. The van der Waals surface area contributed by atoms with Gasteiger partial charge in [0.25, 0.3) is 5.91 Å². The summed E-state index contributed by atoms with van der Waals surface area (Å²) in [5.41, 5.74) is 2.94. The Morgan fingerprint density at radius 1 is 1.13 bits per heavy atom. The van der Waals surface area contributed by atoms with Crippen LogP contribution < -0.4 is 14.4 Å². The predicted octanol–water partition coefficient (Wildman–Crippen LogP) is 5.77. The minimum Gasteiger partial charge on any atom is -0.489 e. The molecule has 158 valence electrons. The molecule has 0 aliphatic heterocycles. The first kappa shape index (κ1) is 20.7. The van der Waals surface area contributed by atoms with Gasteiger partial charge in [0.2, 0.25) is 0 Å². The van der Waals surface area contributed by atoms with Crippen LogP contribution in [0.5, 0.6) is 5.75 Å². The molecule has 4 rings (SSSR count). The zero-order valence-electron chi connectivity index (χ0n) is 18.1. The van der Waals surface area contributed by atoms with Crippen LogP contribution in [0.1, 0.15) is 49.7 Å². The number of anilines is 1. The van der Waals surface area contributed by atoms with Crippen molar-refractivity contribution < 1.29 is 13.9 Å². The Morgan fingerprint density at radius 2 is 1.90 bits per heavy atom. The molecule has 0 bridgehead atoms. The lowest BCUT2D eigenvalue weighted by Gasteiger charge is -2.21. The molecular weight excluding hydrogens is 396 g/mol. The Balaban J connectivity index is 1.53. The van der Waals surface area contributed by atoms with Gasteiger partial charge in [0, 0.05) is 31.2 Å². The number of ether oxygens (including phenoxy) is 1. The summed E-state index contributed by atoms with van der Waals surface area (Å²) in [6.45, 7) is 6.52. The Morgan fingerprint density at radius 3 is 2.57 bits per heavy atom. The maximum Gasteiger partial charge on any atom is 0.297 e. The maximum absolute atomic E-state index is 12.8. The minimum atomic E-state index is -0.263. The molecule has 2 aromatic carbocycles. The number of benzene rings is 2. The fourth-order valence-electron chi connectivity index (χ4n) is 3.08. The van der Waals surface area contributed by atoms with Crippen LogP contribution in [0.2, 0.25) is 0 Å². The second-order valence-corrected chi connectivity index (χ2v) is 9.84. The first-order valence-electron chi connectivity index (χ1n) is 10.2. The molecule has 0 radical (unpaired) electrons. The SMILES string of the molecule is CN(C)c1ccc2cc(C(=O)NSc3cc(C(C)(C)C)ccc3OC3CC3)oc2c1. The summed E-state index contributed by atoms with van der Waals surface area (Å²) in [7, 11) is 3.95.